The van der Waals surface area contributed by atoms with Crippen molar-refractivity contribution in [3.63, 3.8) is 0 Å². The van der Waals surface area contributed by atoms with E-state index in [-0.39, 0.29) is 6.04 Å². The molecule has 0 aliphatic carbocycles. The Balaban J connectivity index is 2.04. The highest BCUT2D eigenvalue weighted by molar-refractivity contribution is 5.83. The molecule has 17 heavy (non-hydrogen) atoms. The molecule has 2 aromatic rings. The number of amides is 1. The first-order chi connectivity index (χ1) is 8.40. The molecule has 1 amide bonds. The maximum atomic E-state index is 11.1. The number of carbonyl (C=O) groups excluding carboxylic acids is 1. The zero-order chi connectivity index (χ0) is 11.7. The summed E-state index contributed by atoms with van der Waals surface area (Å²) in [6.07, 6.45) is 2.96. The van der Waals surface area contributed by atoms with Crippen LogP contribution in [0.5, 0.6) is 0 Å². The van der Waals surface area contributed by atoms with Gasteiger partial charge in [0.25, 0.3) is 0 Å². The van der Waals surface area contributed by atoms with Crippen LogP contribution in [-0.4, -0.2) is 35.9 Å². The molecule has 0 spiro atoms. The van der Waals surface area contributed by atoms with Crippen molar-refractivity contribution in [2.24, 2.45) is 0 Å². The quantitative estimate of drug-likeness (QED) is 0.762. The highest BCUT2D eigenvalue weighted by Gasteiger charge is 2.24. The maximum Gasteiger partial charge on any atom is 0.210 e. The second kappa shape index (κ2) is 4.22. The number of rotatable bonds is 2. The average Bonchev–Trinajstić information content (AvgIpc) is 2.82. The summed E-state index contributed by atoms with van der Waals surface area (Å²) in [5, 5.41) is 4.54. The summed E-state index contributed by atoms with van der Waals surface area (Å²) < 4.78 is 0. The first kappa shape index (κ1) is 10.4. The molecule has 1 unspecified atom stereocenters. The second-order valence-electron chi connectivity index (χ2n) is 4.35. The molecule has 4 heteroatoms. The summed E-state index contributed by atoms with van der Waals surface area (Å²) in [7, 11) is 0. The highest BCUT2D eigenvalue weighted by atomic mass is 16.1. The molecule has 4 nitrogen and oxygen atoms in total. The lowest BCUT2D eigenvalue weighted by atomic mass is 10.0. The molecule has 0 radical (unpaired) electrons. The molecule has 0 bridgehead atoms. The van der Waals surface area contributed by atoms with Crippen LogP contribution in [0.4, 0.5) is 0 Å². The lowest BCUT2D eigenvalue weighted by Gasteiger charge is -2.33. The van der Waals surface area contributed by atoms with Crippen LogP contribution >= 0.6 is 0 Å². The summed E-state index contributed by atoms with van der Waals surface area (Å²) in [6.45, 7) is 2.46. The first-order valence-corrected chi connectivity index (χ1v) is 5.88. The third-order valence-electron chi connectivity index (χ3n) is 3.40. The van der Waals surface area contributed by atoms with Gasteiger partial charge >= 0.3 is 0 Å². The van der Waals surface area contributed by atoms with Gasteiger partial charge in [-0.2, -0.15) is 0 Å². The predicted molar refractivity (Wildman–Crippen MR) is 66.7 cm³/mol. The number of benzene rings is 1. The van der Waals surface area contributed by atoms with E-state index in [1.165, 1.54) is 10.9 Å². The van der Waals surface area contributed by atoms with Gasteiger partial charge in [-0.15, -0.1) is 0 Å². The average molecular weight is 229 g/mol. The van der Waals surface area contributed by atoms with Gasteiger partial charge in [-0.05, 0) is 6.07 Å². The number of aromatic amines is 1. The number of aromatic nitrogens is 1. The Labute approximate surface area is 99.6 Å². The minimum atomic E-state index is 0.136. The third-order valence-corrected chi connectivity index (χ3v) is 3.40. The normalized spacial score (nSPS) is 20.7. The molecule has 88 valence electrons. The number of carbonyl (C=O) groups is 1. The number of nitrogens with one attached hydrogen (secondary N) is 2. The van der Waals surface area contributed by atoms with E-state index in [1.54, 1.807) is 0 Å². The minimum absolute atomic E-state index is 0.136. The second-order valence-corrected chi connectivity index (χ2v) is 4.35. The molecule has 2 heterocycles. The number of fused-ring (bicyclic) bond motifs is 1. The summed E-state index contributed by atoms with van der Waals surface area (Å²) in [5.41, 5.74) is 2.32. The van der Waals surface area contributed by atoms with E-state index in [0.29, 0.717) is 0 Å². The van der Waals surface area contributed by atoms with E-state index in [0.717, 1.165) is 31.6 Å². The van der Waals surface area contributed by atoms with Crippen molar-refractivity contribution in [3.05, 3.63) is 36.0 Å². The van der Waals surface area contributed by atoms with Crippen LogP contribution in [0.25, 0.3) is 10.9 Å². The molecule has 1 aliphatic rings. The fraction of sp³-hybridized carbons (Fsp3) is 0.308. The Kier molecular flexibility index (Phi) is 2.57. The topological polar surface area (TPSA) is 48.1 Å². The van der Waals surface area contributed by atoms with Crippen LogP contribution in [-0.2, 0) is 4.79 Å². The van der Waals surface area contributed by atoms with E-state index in [1.807, 2.05) is 23.2 Å². The van der Waals surface area contributed by atoms with E-state index < -0.39 is 0 Å². The van der Waals surface area contributed by atoms with E-state index in [4.69, 9.17) is 0 Å². The minimum Gasteiger partial charge on any atom is -0.361 e. The molecule has 1 aromatic carbocycles. The lowest BCUT2D eigenvalue weighted by molar-refractivity contribution is -0.121. The summed E-state index contributed by atoms with van der Waals surface area (Å²) >= 11 is 0. The van der Waals surface area contributed by atoms with Crippen molar-refractivity contribution in [2.75, 3.05) is 19.6 Å². The van der Waals surface area contributed by atoms with Gasteiger partial charge in [-0.1, -0.05) is 18.2 Å². The summed E-state index contributed by atoms with van der Waals surface area (Å²) in [5.74, 6) is 0. The molecule has 3 rings (SSSR count). The fourth-order valence-corrected chi connectivity index (χ4v) is 2.50. The van der Waals surface area contributed by atoms with Crippen LogP contribution in [0.1, 0.15) is 11.6 Å². The monoisotopic (exact) mass is 229 g/mol. The smallest absolute Gasteiger partial charge is 0.210 e. The van der Waals surface area contributed by atoms with E-state index in [2.05, 4.69) is 22.4 Å². The molecule has 1 aliphatic heterocycles. The van der Waals surface area contributed by atoms with Crippen molar-refractivity contribution >= 4 is 17.3 Å². The van der Waals surface area contributed by atoms with Gasteiger partial charge in [0.15, 0.2) is 0 Å². The van der Waals surface area contributed by atoms with Crippen LogP contribution in [0.15, 0.2) is 30.5 Å². The maximum absolute atomic E-state index is 11.1. The van der Waals surface area contributed by atoms with E-state index >= 15 is 0 Å². The molecule has 2 N–H and O–H groups in total. The number of hydrogen-bond donors (Lipinski definition) is 2. The van der Waals surface area contributed by atoms with Gasteiger partial charge in [-0.3, -0.25) is 4.79 Å². The Morgan fingerprint density at radius 2 is 2.24 bits per heavy atom. The largest absolute Gasteiger partial charge is 0.361 e. The van der Waals surface area contributed by atoms with Crippen molar-refractivity contribution in [2.45, 2.75) is 6.04 Å². The third kappa shape index (κ3) is 1.70. The van der Waals surface area contributed by atoms with Crippen molar-refractivity contribution in [3.8, 4) is 0 Å². The number of nitrogens with zero attached hydrogens (tertiary/aromatic N) is 1. The summed E-state index contributed by atoms with van der Waals surface area (Å²) in [6, 6.07) is 8.33. The van der Waals surface area contributed by atoms with Gasteiger partial charge < -0.3 is 15.2 Å². The molecule has 0 saturated carbocycles. The summed E-state index contributed by atoms with van der Waals surface area (Å²) in [4.78, 5) is 16.2. The Morgan fingerprint density at radius 3 is 3.12 bits per heavy atom. The molecular weight excluding hydrogens is 214 g/mol. The van der Waals surface area contributed by atoms with Gasteiger partial charge in [0.1, 0.15) is 0 Å². The van der Waals surface area contributed by atoms with E-state index in [9.17, 15) is 4.79 Å². The predicted octanol–water partition coefficient (Wildman–Crippen LogP) is 1.27. The molecule has 1 saturated heterocycles. The zero-order valence-electron chi connectivity index (χ0n) is 9.52. The lowest BCUT2D eigenvalue weighted by Crippen LogP contribution is -2.45. The van der Waals surface area contributed by atoms with Crippen LogP contribution in [0.2, 0.25) is 0 Å². The SMILES string of the molecule is O=CN1CCNCC1c1c[nH]c2ccccc12. The fourth-order valence-electron chi connectivity index (χ4n) is 2.50. The van der Waals surface area contributed by atoms with Gasteiger partial charge in [-0.25, -0.2) is 0 Å². The molecule has 1 fully saturated rings. The van der Waals surface area contributed by atoms with Crippen molar-refractivity contribution < 1.29 is 4.79 Å². The Morgan fingerprint density at radius 1 is 1.35 bits per heavy atom. The van der Waals surface area contributed by atoms with Crippen LogP contribution < -0.4 is 5.32 Å². The molecular formula is C13H15N3O. The zero-order valence-corrected chi connectivity index (χ0v) is 9.52. The molecule has 1 atom stereocenters. The number of H-pyrrole nitrogens is 1. The van der Waals surface area contributed by atoms with Crippen molar-refractivity contribution in [1.29, 1.82) is 0 Å². The molecule has 1 aromatic heterocycles. The standard InChI is InChI=1S/C13H15N3O/c17-9-16-6-5-14-8-13(16)11-7-15-12-4-2-1-3-10(11)12/h1-4,7,9,13-15H,5-6,8H2. The van der Waals surface area contributed by atoms with Crippen LogP contribution in [0.3, 0.4) is 0 Å². The number of para-hydroxylation sites is 1. The first-order valence-electron chi connectivity index (χ1n) is 5.88. The van der Waals surface area contributed by atoms with Crippen LogP contribution in [0, 0.1) is 0 Å². The van der Waals surface area contributed by atoms with Gasteiger partial charge in [0.2, 0.25) is 6.41 Å². The van der Waals surface area contributed by atoms with Crippen molar-refractivity contribution in [1.82, 2.24) is 15.2 Å². The van der Waals surface area contributed by atoms with Gasteiger partial charge in [0, 0.05) is 42.3 Å². The highest BCUT2D eigenvalue weighted by Crippen LogP contribution is 2.28. The van der Waals surface area contributed by atoms with Gasteiger partial charge in [0.05, 0.1) is 6.04 Å². The Bertz CT molecular complexity index is 534. The Hall–Kier alpha value is -1.81. The number of hydrogen-bond acceptors (Lipinski definition) is 2. The number of piperazine rings is 1.